The van der Waals surface area contributed by atoms with Gasteiger partial charge in [0.05, 0.1) is 12.2 Å². The first-order valence-electron chi connectivity index (χ1n) is 6.91. The van der Waals surface area contributed by atoms with Crippen molar-refractivity contribution in [3.63, 3.8) is 0 Å². The number of carboxylic acids is 1. The second-order valence-electron chi connectivity index (χ2n) is 5.83. The molecule has 0 saturated carbocycles. The fourth-order valence-corrected chi connectivity index (χ4v) is 2.52. The molecule has 1 aliphatic heterocycles. The molecule has 5 heteroatoms. The number of nitrogens with zero attached hydrogens (tertiary/aromatic N) is 1. The smallest absolute Gasteiger partial charge is 0.328 e. The van der Waals surface area contributed by atoms with Crippen LogP contribution in [0.3, 0.4) is 0 Å². The van der Waals surface area contributed by atoms with Gasteiger partial charge in [-0.15, -0.1) is 0 Å². The zero-order valence-corrected chi connectivity index (χ0v) is 12.3. The highest BCUT2D eigenvalue weighted by atomic mass is 19.1. The van der Waals surface area contributed by atoms with E-state index in [1.165, 1.54) is 18.2 Å². The fraction of sp³-hybridized carbons (Fsp3) is 0.438. The zero-order valence-electron chi connectivity index (χ0n) is 12.3. The van der Waals surface area contributed by atoms with Gasteiger partial charge in [0, 0.05) is 25.7 Å². The van der Waals surface area contributed by atoms with Gasteiger partial charge in [0.1, 0.15) is 5.82 Å². The second kappa shape index (κ2) is 6.37. The van der Waals surface area contributed by atoms with Crippen molar-refractivity contribution in [1.82, 2.24) is 4.90 Å². The maximum absolute atomic E-state index is 13.4. The number of rotatable bonds is 4. The molecule has 1 saturated heterocycles. The summed E-state index contributed by atoms with van der Waals surface area (Å²) in [5.74, 6) is -1.41. The number of hydrogen-bond donors (Lipinski definition) is 1. The lowest BCUT2D eigenvalue weighted by atomic mass is 10.0. The molecule has 2 rings (SSSR count). The number of halogens is 1. The van der Waals surface area contributed by atoms with Gasteiger partial charge in [0.25, 0.3) is 0 Å². The average molecular weight is 293 g/mol. The molecule has 1 fully saturated rings. The number of ether oxygens (including phenoxy) is 1. The van der Waals surface area contributed by atoms with Crippen LogP contribution in [0.2, 0.25) is 0 Å². The maximum atomic E-state index is 13.4. The highest BCUT2D eigenvalue weighted by Crippen LogP contribution is 2.21. The number of morpholine rings is 1. The Hall–Kier alpha value is -1.72. The van der Waals surface area contributed by atoms with Gasteiger partial charge in [0.2, 0.25) is 0 Å². The van der Waals surface area contributed by atoms with E-state index in [0.29, 0.717) is 18.7 Å². The van der Waals surface area contributed by atoms with Gasteiger partial charge in [-0.3, -0.25) is 4.90 Å². The lowest BCUT2D eigenvalue weighted by Crippen LogP contribution is -2.47. The Kier molecular flexibility index (Phi) is 4.75. The van der Waals surface area contributed by atoms with E-state index in [-0.39, 0.29) is 11.4 Å². The van der Waals surface area contributed by atoms with E-state index in [1.54, 1.807) is 6.07 Å². The molecule has 0 unspecified atom stereocenters. The van der Waals surface area contributed by atoms with E-state index in [4.69, 9.17) is 9.84 Å². The van der Waals surface area contributed by atoms with Crippen molar-refractivity contribution < 1.29 is 19.0 Å². The summed E-state index contributed by atoms with van der Waals surface area (Å²) >= 11 is 0. The highest BCUT2D eigenvalue weighted by Gasteiger charge is 2.27. The third-order valence-corrected chi connectivity index (χ3v) is 3.41. The predicted octanol–water partition coefficient (Wildman–Crippen LogP) is 2.53. The Labute approximate surface area is 123 Å². The maximum Gasteiger partial charge on any atom is 0.328 e. The van der Waals surface area contributed by atoms with Gasteiger partial charge in [-0.1, -0.05) is 6.07 Å². The summed E-state index contributed by atoms with van der Waals surface area (Å²) in [5.41, 5.74) is 1.31. The lowest BCUT2D eigenvalue weighted by Gasteiger charge is -2.38. The van der Waals surface area contributed by atoms with Crippen LogP contribution in [0.5, 0.6) is 0 Å². The van der Waals surface area contributed by atoms with Crippen LogP contribution in [0.1, 0.15) is 25.0 Å². The molecule has 1 aromatic carbocycles. The Bertz CT molecular complexity index is 554. The Morgan fingerprint density at radius 3 is 2.95 bits per heavy atom. The summed E-state index contributed by atoms with van der Waals surface area (Å²) in [5, 5.41) is 8.72. The van der Waals surface area contributed by atoms with Crippen LogP contribution in [-0.2, 0) is 16.1 Å². The third-order valence-electron chi connectivity index (χ3n) is 3.41. The summed E-state index contributed by atoms with van der Waals surface area (Å²) in [4.78, 5) is 12.9. The number of carbonyl (C=O) groups is 1. The molecule has 4 nitrogen and oxygen atoms in total. The molecule has 0 atom stereocenters. The van der Waals surface area contributed by atoms with Crippen LogP contribution in [-0.4, -0.2) is 41.3 Å². The minimum Gasteiger partial charge on any atom is -0.478 e. The standard InChI is InChI=1S/C16H20FNO3/c1-16(2)11-18(7-8-21-16)10-13-3-5-14(17)9-12(13)4-6-15(19)20/h3-6,9H,7-8,10-11H2,1-2H3,(H,19,20). The van der Waals surface area contributed by atoms with Gasteiger partial charge >= 0.3 is 5.97 Å². The molecule has 1 N–H and O–H groups in total. The van der Waals surface area contributed by atoms with Gasteiger partial charge in [-0.05, 0) is 43.2 Å². The van der Waals surface area contributed by atoms with Crippen molar-refractivity contribution in [2.75, 3.05) is 19.7 Å². The van der Waals surface area contributed by atoms with Crippen LogP contribution in [0.25, 0.3) is 6.08 Å². The van der Waals surface area contributed by atoms with E-state index >= 15 is 0 Å². The van der Waals surface area contributed by atoms with Crippen molar-refractivity contribution in [2.45, 2.75) is 26.0 Å². The third kappa shape index (κ3) is 4.65. The molecule has 0 bridgehead atoms. The summed E-state index contributed by atoms with van der Waals surface area (Å²) in [6.07, 6.45) is 2.47. The predicted molar refractivity (Wildman–Crippen MR) is 78.4 cm³/mol. The zero-order chi connectivity index (χ0) is 15.5. The van der Waals surface area contributed by atoms with Crippen LogP contribution < -0.4 is 0 Å². The van der Waals surface area contributed by atoms with Crippen LogP contribution >= 0.6 is 0 Å². The first-order valence-corrected chi connectivity index (χ1v) is 6.91. The molecule has 0 spiro atoms. The van der Waals surface area contributed by atoms with E-state index < -0.39 is 5.97 Å². The van der Waals surface area contributed by atoms with Gasteiger partial charge in [-0.25, -0.2) is 9.18 Å². The first kappa shape index (κ1) is 15.7. The van der Waals surface area contributed by atoms with Gasteiger partial charge in [0.15, 0.2) is 0 Å². The molecule has 21 heavy (non-hydrogen) atoms. The molecular weight excluding hydrogens is 273 g/mol. The molecule has 0 radical (unpaired) electrons. The van der Waals surface area contributed by atoms with Crippen LogP contribution in [0.4, 0.5) is 4.39 Å². The van der Waals surface area contributed by atoms with Crippen molar-refractivity contribution in [2.24, 2.45) is 0 Å². The molecule has 0 amide bonds. The van der Waals surface area contributed by atoms with Crippen molar-refractivity contribution in [3.05, 3.63) is 41.2 Å². The van der Waals surface area contributed by atoms with Crippen molar-refractivity contribution in [1.29, 1.82) is 0 Å². The first-order chi connectivity index (χ1) is 9.85. The molecule has 0 aromatic heterocycles. The van der Waals surface area contributed by atoms with E-state index in [0.717, 1.165) is 24.7 Å². The minimum atomic E-state index is -1.04. The molecule has 1 aromatic rings. The topological polar surface area (TPSA) is 49.8 Å². The summed E-state index contributed by atoms with van der Waals surface area (Å²) in [7, 11) is 0. The number of benzene rings is 1. The van der Waals surface area contributed by atoms with Gasteiger partial charge in [-0.2, -0.15) is 0 Å². The summed E-state index contributed by atoms with van der Waals surface area (Å²) < 4.78 is 19.0. The van der Waals surface area contributed by atoms with E-state index in [2.05, 4.69) is 4.90 Å². The van der Waals surface area contributed by atoms with Crippen molar-refractivity contribution in [3.8, 4) is 0 Å². The SMILES string of the molecule is CC1(C)CN(Cc2ccc(F)cc2C=CC(=O)O)CCO1. The average Bonchev–Trinajstić information content (AvgIpc) is 2.38. The Morgan fingerprint density at radius 2 is 2.29 bits per heavy atom. The highest BCUT2D eigenvalue weighted by molar-refractivity contribution is 5.85. The minimum absolute atomic E-state index is 0.199. The molecule has 0 aliphatic carbocycles. The molecule has 1 aliphatic rings. The largest absolute Gasteiger partial charge is 0.478 e. The summed E-state index contributed by atoms with van der Waals surface area (Å²) in [6.45, 7) is 6.97. The normalized spacial score (nSPS) is 19.0. The lowest BCUT2D eigenvalue weighted by molar-refractivity contribution is -0.131. The Balaban J connectivity index is 2.17. The van der Waals surface area contributed by atoms with Crippen LogP contribution in [0.15, 0.2) is 24.3 Å². The van der Waals surface area contributed by atoms with Gasteiger partial charge < -0.3 is 9.84 Å². The van der Waals surface area contributed by atoms with E-state index in [1.807, 2.05) is 13.8 Å². The van der Waals surface area contributed by atoms with Crippen LogP contribution in [0, 0.1) is 5.82 Å². The molecule has 1 heterocycles. The van der Waals surface area contributed by atoms with E-state index in [9.17, 15) is 9.18 Å². The number of carboxylic acid groups (broad SMARTS) is 1. The molecule has 114 valence electrons. The summed E-state index contributed by atoms with van der Waals surface area (Å²) in [6, 6.07) is 4.47. The quantitative estimate of drug-likeness (QED) is 0.867. The monoisotopic (exact) mass is 293 g/mol. The Morgan fingerprint density at radius 1 is 1.52 bits per heavy atom. The molecular formula is C16H20FNO3. The fourth-order valence-electron chi connectivity index (χ4n) is 2.52. The number of hydrogen-bond acceptors (Lipinski definition) is 3. The van der Waals surface area contributed by atoms with Crippen molar-refractivity contribution >= 4 is 12.0 Å². The number of aliphatic carboxylic acids is 1. The second-order valence-corrected chi connectivity index (χ2v) is 5.83.